The second kappa shape index (κ2) is 8.13. The van der Waals surface area contributed by atoms with E-state index in [-0.39, 0.29) is 0 Å². The van der Waals surface area contributed by atoms with Gasteiger partial charge < -0.3 is 5.32 Å². The van der Waals surface area contributed by atoms with Gasteiger partial charge in [0.25, 0.3) is 0 Å². The SMILES string of the molecule is CCNC(c1ccccc1)C(C)SCc1ccccc1. The zero-order chi connectivity index (χ0) is 14.2. The number of rotatable bonds is 7. The second-order valence-electron chi connectivity index (χ2n) is 4.95. The number of nitrogens with one attached hydrogen (secondary N) is 1. The Morgan fingerprint density at radius 1 is 0.950 bits per heavy atom. The highest BCUT2D eigenvalue weighted by atomic mass is 32.2. The standard InChI is InChI=1S/C18H23NS/c1-3-19-18(17-12-8-5-9-13-17)15(2)20-14-16-10-6-4-7-11-16/h4-13,15,18-19H,3,14H2,1-2H3. The molecule has 0 fully saturated rings. The molecule has 2 aromatic rings. The Kier molecular flexibility index (Phi) is 6.16. The molecule has 2 aromatic carbocycles. The third kappa shape index (κ3) is 4.39. The molecule has 0 spiro atoms. The van der Waals surface area contributed by atoms with E-state index in [9.17, 15) is 0 Å². The second-order valence-corrected chi connectivity index (χ2v) is 6.31. The van der Waals surface area contributed by atoms with E-state index in [1.54, 1.807) is 0 Å². The maximum Gasteiger partial charge on any atom is 0.0437 e. The predicted molar refractivity (Wildman–Crippen MR) is 90.1 cm³/mol. The third-order valence-corrected chi connectivity index (χ3v) is 4.71. The van der Waals surface area contributed by atoms with Gasteiger partial charge in [-0.05, 0) is 17.7 Å². The van der Waals surface area contributed by atoms with Crippen molar-refractivity contribution in [2.75, 3.05) is 6.54 Å². The highest BCUT2D eigenvalue weighted by Gasteiger charge is 2.18. The molecule has 1 nitrogen and oxygen atoms in total. The molecule has 2 rings (SSSR count). The lowest BCUT2D eigenvalue weighted by Crippen LogP contribution is -2.28. The largest absolute Gasteiger partial charge is 0.309 e. The maximum absolute atomic E-state index is 3.61. The zero-order valence-electron chi connectivity index (χ0n) is 12.3. The van der Waals surface area contributed by atoms with Gasteiger partial charge in [-0.1, -0.05) is 74.5 Å². The van der Waals surface area contributed by atoms with E-state index in [0.717, 1.165) is 12.3 Å². The van der Waals surface area contributed by atoms with Crippen LogP contribution in [0.1, 0.15) is 31.0 Å². The van der Waals surface area contributed by atoms with Crippen LogP contribution in [0.15, 0.2) is 60.7 Å². The van der Waals surface area contributed by atoms with E-state index in [0.29, 0.717) is 11.3 Å². The Morgan fingerprint density at radius 3 is 2.15 bits per heavy atom. The van der Waals surface area contributed by atoms with Gasteiger partial charge in [0.2, 0.25) is 0 Å². The van der Waals surface area contributed by atoms with Crippen molar-refractivity contribution >= 4 is 11.8 Å². The fourth-order valence-electron chi connectivity index (χ4n) is 2.33. The van der Waals surface area contributed by atoms with E-state index in [2.05, 4.69) is 79.8 Å². The van der Waals surface area contributed by atoms with Crippen LogP contribution < -0.4 is 5.32 Å². The molecular weight excluding hydrogens is 262 g/mol. The normalized spacial score (nSPS) is 13.9. The monoisotopic (exact) mass is 285 g/mol. The van der Waals surface area contributed by atoms with Crippen molar-refractivity contribution in [3.63, 3.8) is 0 Å². The van der Waals surface area contributed by atoms with Crippen LogP contribution in [-0.2, 0) is 5.75 Å². The molecule has 0 heterocycles. The van der Waals surface area contributed by atoms with E-state index < -0.39 is 0 Å². The first-order valence-corrected chi connectivity index (χ1v) is 8.30. The van der Waals surface area contributed by atoms with Crippen molar-refractivity contribution in [1.82, 2.24) is 5.32 Å². The van der Waals surface area contributed by atoms with E-state index in [4.69, 9.17) is 0 Å². The number of benzene rings is 2. The van der Waals surface area contributed by atoms with Gasteiger partial charge in [0, 0.05) is 17.0 Å². The summed E-state index contributed by atoms with van der Waals surface area (Å²) in [6.45, 7) is 5.48. The van der Waals surface area contributed by atoms with Crippen molar-refractivity contribution in [1.29, 1.82) is 0 Å². The first-order valence-electron chi connectivity index (χ1n) is 7.25. The Hall–Kier alpha value is -1.25. The Labute approximate surface area is 126 Å². The minimum Gasteiger partial charge on any atom is -0.309 e. The fourth-order valence-corrected chi connectivity index (χ4v) is 3.43. The zero-order valence-corrected chi connectivity index (χ0v) is 13.1. The van der Waals surface area contributed by atoms with Gasteiger partial charge >= 0.3 is 0 Å². The van der Waals surface area contributed by atoms with Crippen LogP contribution in [0.5, 0.6) is 0 Å². The molecule has 2 atom stereocenters. The van der Waals surface area contributed by atoms with Crippen LogP contribution in [0.4, 0.5) is 0 Å². The van der Waals surface area contributed by atoms with E-state index in [1.807, 2.05) is 11.8 Å². The van der Waals surface area contributed by atoms with Crippen LogP contribution >= 0.6 is 11.8 Å². The minimum absolute atomic E-state index is 0.412. The molecule has 2 heteroatoms. The Morgan fingerprint density at radius 2 is 1.55 bits per heavy atom. The van der Waals surface area contributed by atoms with Gasteiger partial charge in [0.15, 0.2) is 0 Å². The van der Waals surface area contributed by atoms with Crippen molar-refractivity contribution in [2.24, 2.45) is 0 Å². The van der Waals surface area contributed by atoms with Gasteiger partial charge in [-0.15, -0.1) is 0 Å². The molecule has 0 aliphatic carbocycles. The summed E-state index contributed by atoms with van der Waals surface area (Å²) >= 11 is 2.01. The fraction of sp³-hybridized carbons (Fsp3) is 0.333. The third-order valence-electron chi connectivity index (χ3n) is 3.41. The van der Waals surface area contributed by atoms with Gasteiger partial charge in [-0.3, -0.25) is 0 Å². The lowest BCUT2D eigenvalue weighted by Gasteiger charge is -2.25. The molecular formula is C18H23NS. The lowest BCUT2D eigenvalue weighted by molar-refractivity contribution is 0.548. The van der Waals surface area contributed by atoms with E-state index in [1.165, 1.54) is 11.1 Å². The highest BCUT2D eigenvalue weighted by Crippen LogP contribution is 2.28. The molecule has 0 aliphatic heterocycles. The Bertz CT molecular complexity index is 483. The molecule has 20 heavy (non-hydrogen) atoms. The summed E-state index contributed by atoms with van der Waals surface area (Å²) in [7, 11) is 0. The summed E-state index contributed by atoms with van der Waals surface area (Å²) in [6.07, 6.45) is 0. The predicted octanol–water partition coefficient (Wildman–Crippen LogP) is 4.66. The number of hydrogen-bond donors (Lipinski definition) is 1. The summed E-state index contributed by atoms with van der Waals surface area (Å²) in [5.74, 6) is 1.07. The van der Waals surface area contributed by atoms with Crippen LogP contribution in [0.2, 0.25) is 0 Å². The smallest absolute Gasteiger partial charge is 0.0437 e. The minimum atomic E-state index is 0.412. The molecule has 0 saturated heterocycles. The van der Waals surface area contributed by atoms with Crippen molar-refractivity contribution in [2.45, 2.75) is 30.9 Å². The summed E-state index contributed by atoms with van der Waals surface area (Å²) in [4.78, 5) is 0. The van der Waals surface area contributed by atoms with Crippen LogP contribution in [0.25, 0.3) is 0 Å². The van der Waals surface area contributed by atoms with E-state index >= 15 is 0 Å². The van der Waals surface area contributed by atoms with Crippen molar-refractivity contribution in [3.05, 3.63) is 71.8 Å². The molecule has 2 unspecified atom stereocenters. The summed E-state index contributed by atoms with van der Waals surface area (Å²) in [5.41, 5.74) is 2.77. The maximum atomic E-state index is 3.61. The van der Waals surface area contributed by atoms with Gasteiger partial charge in [-0.25, -0.2) is 0 Å². The quantitative estimate of drug-likeness (QED) is 0.794. The molecule has 106 valence electrons. The van der Waals surface area contributed by atoms with Crippen molar-refractivity contribution in [3.8, 4) is 0 Å². The molecule has 0 saturated carbocycles. The highest BCUT2D eigenvalue weighted by molar-refractivity contribution is 7.99. The first-order chi connectivity index (χ1) is 9.81. The lowest BCUT2D eigenvalue weighted by atomic mass is 10.0. The summed E-state index contributed by atoms with van der Waals surface area (Å²) in [6, 6.07) is 21.9. The molecule has 0 amide bonds. The average Bonchev–Trinajstić information content (AvgIpc) is 2.52. The topological polar surface area (TPSA) is 12.0 Å². The van der Waals surface area contributed by atoms with Crippen LogP contribution in [-0.4, -0.2) is 11.8 Å². The van der Waals surface area contributed by atoms with Crippen LogP contribution in [0.3, 0.4) is 0 Å². The van der Waals surface area contributed by atoms with Crippen LogP contribution in [0, 0.1) is 0 Å². The molecule has 1 N–H and O–H groups in total. The van der Waals surface area contributed by atoms with Gasteiger partial charge in [-0.2, -0.15) is 11.8 Å². The van der Waals surface area contributed by atoms with Crippen molar-refractivity contribution < 1.29 is 0 Å². The molecule has 0 aliphatic rings. The summed E-state index contributed by atoms with van der Waals surface area (Å²) < 4.78 is 0. The average molecular weight is 285 g/mol. The van der Waals surface area contributed by atoms with Gasteiger partial charge in [0.1, 0.15) is 0 Å². The summed E-state index contributed by atoms with van der Waals surface area (Å²) in [5, 5.41) is 4.15. The van der Waals surface area contributed by atoms with Gasteiger partial charge in [0.05, 0.1) is 0 Å². The Balaban J connectivity index is 1.99. The number of thioether (sulfide) groups is 1. The number of hydrogen-bond acceptors (Lipinski definition) is 2. The molecule has 0 bridgehead atoms. The molecule has 0 aromatic heterocycles. The molecule has 0 radical (unpaired) electrons. The first kappa shape index (κ1) is 15.1.